The van der Waals surface area contributed by atoms with Crippen molar-refractivity contribution in [3.63, 3.8) is 0 Å². The van der Waals surface area contributed by atoms with Gasteiger partial charge in [-0.15, -0.1) is 0 Å². The lowest BCUT2D eigenvalue weighted by Crippen LogP contribution is -2.10. The van der Waals surface area contributed by atoms with Crippen LogP contribution in [0.25, 0.3) is 11.0 Å². The first-order valence-corrected chi connectivity index (χ1v) is 11.0. The number of nitrogens with zero attached hydrogens (tertiary/aromatic N) is 3. The lowest BCUT2D eigenvalue weighted by molar-refractivity contribution is 0.0736. The molecule has 0 bridgehead atoms. The van der Waals surface area contributed by atoms with Crippen molar-refractivity contribution in [3.8, 4) is 5.75 Å². The number of ether oxygens (including phenoxy) is 1. The Morgan fingerprint density at radius 1 is 1.13 bits per heavy atom. The highest BCUT2D eigenvalue weighted by atomic mass is 32.2. The Hall–Kier alpha value is -3.01. The molecule has 0 unspecified atom stereocenters. The highest BCUT2D eigenvalue weighted by Gasteiger charge is 2.19. The molecule has 0 aliphatic heterocycles. The van der Waals surface area contributed by atoms with Crippen LogP contribution >= 0.6 is 0 Å². The fourth-order valence-corrected chi connectivity index (χ4v) is 3.41. The maximum atomic E-state index is 13.5. The zero-order valence-corrected chi connectivity index (χ0v) is 17.3. The second kappa shape index (κ2) is 9.21. The number of para-hydroxylation sites is 2. The average molecular weight is 437 g/mol. The predicted molar refractivity (Wildman–Crippen MR) is 109 cm³/mol. The van der Waals surface area contributed by atoms with Crippen LogP contribution in [0.2, 0.25) is 0 Å². The molecule has 0 amide bonds. The quantitative estimate of drug-likeness (QED) is 0.287. The van der Waals surface area contributed by atoms with Crippen molar-refractivity contribution in [2.24, 2.45) is 5.16 Å². The van der Waals surface area contributed by atoms with E-state index in [0.717, 1.165) is 10.8 Å². The summed E-state index contributed by atoms with van der Waals surface area (Å²) >= 11 is 0. The third-order valence-electron chi connectivity index (χ3n) is 4.22. The zero-order valence-electron chi connectivity index (χ0n) is 16.5. The maximum Gasteiger partial charge on any atom is 0.320 e. The van der Waals surface area contributed by atoms with E-state index in [2.05, 4.69) is 10.1 Å². The van der Waals surface area contributed by atoms with Crippen LogP contribution in [-0.4, -0.2) is 43.2 Å². The summed E-state index contributed by atoms with van der Waals surface area (Å²) in [7, 11) is -3.24. The summed E-state index contributed by atoms with van der Waals surface area (Å²) < 4.78 is 56.1. The molecule has 0 saturated heterocycles. The molecule has 0 atom stereocenters. The van der Waals surface area contributed by atoms with Gasteiger partial charge in [0, 0.05) is 12.7 Å². The lowest BCUT2D eigenvalue weighted by Gasteiger charge is -2.08. The minimum atomic E-state index is -3.24. The Kier molecular flexibility index (Phi) is 6.66. The minimum absolute atomic E-state index is 0.0495. The highest BCUT2D eigenvalue weighted by molar-refractivity contribution is 7.90. The van der Waals surface area contributed by atoms with E-state index in [-0.39, 0.29) is 23.0 Å². The fraction of sp³-hybridized carbons (Fsp3) is 0.300. The van der Waals surface area contributed by atoms with Gasteiger partial charge in [0.2, 0.25) is 0 Å². The molecule has 0 aliphatic rings. The van der Waals surface area contributed by atoms with Crippen LogP contribution in [0.5, 0.6) is 5.75 Å². The van der Waals surface area contributed by atoms with E-state index in [9.17, 15) is 17.2 Å². The van der Waals surface area contributed by atoms with Crippen LogP contribution in [0.4, 0.5) is 8.78 Å². The van der Waals surface area contributed by atoms with Gasteiger partial charge >= 0.3 is 6.55 Å². The normalized spacial score (nSPS) is 12.5. The van der Waals surface area contributed by atoms with Crippen LogP contribution in [-0.2, 0) is 14.7 Å². The van der Waals surface area contributed by atoms with Gasteiger partial charge in [-0.05, 0) is 43.3 Å². The van der Waals surface area contributed by atoms with Crippen LogP contribution in [0.3, 0.4) is 0 Å². The van der Waals surface area contributed by atoms with Crippen molar-refractivity contribution in [2.45, 2.75) is 24.8 Å². The van der Waals surface area contributed by atoms with Crippen molar-refractivity contribution in [2.75, 3.05) is 19.5 Å². The molecule has 0 aliphatic carbocycles. The second-order valence-electron chi connectivity index (χ2n) is 6.53. The van der Waals surface area contributed by atoms with Crippen molar-refractivity contribution in [1.29, 1.82) is 0 Å². The molecule has 10 heteroatoms. The molecule has 1 aromatic heterocycles. The molecule has 0 fully saturated rings. The number of aromatic nitrogens is 2. The SMILES string of the molecule is C/C(=N/OCCCOc1ccc(S(C)(=O)=O)cc1)c1nc2ccccc2n1C(F)F. The lowest BCUT2D eigenvalue weighted by atomic mass is 10.3. The Morgan fingerprint density at radius 3 is 2.50 bits per heavy atom. The Balaban J connectivity index is 1.52. The topological polar surface area (TPSA) is 82.8 Å². The summed E-state index contributed by atoms with van der Waals surface area (Å²) in [5.41, 5.74) is 1.02. The van der Waals surface area contributed by atoms with Gasteiger partial charge in [0.05, 0.1) is 22.5 Å². The van der Waals surface area contributed by atoms with Crippen LogP contribution in [0, 0.1) is 0 Å². The third kappa shape index (κ3) is 5.12. The molecular formula is C20H21F2N3O4S. The van der Waals surface area contributed by atoms with E-state index in [0.29, 0.717) is 29.8 Å². The van der Waals surface area contributed by atoms with Crippen LogP contribution in [0.15, 0.2) is 58.6 Å². The number of fused-ring (bicyclic) bond motifs is 1. The zero-order chi connectivity index (χ0) is 21.7. The number of hydrogen-bond donors (Lipinski definition) is 0. The first-order valence-electron chi connectivity index (χ1n) is 9.12. The van der Waals surface area contributed by atoms with E-state index < -0.39 is 16.4 Å². The number of imidazole rings is 1. The van der Waals surface area contributed by atoms with E-state index in [1.165, 1.54) is 12.1 Å². The summed E-state index contributed by atoms with van der Waals surface area (Å²) in [6.45, 7) is -0.657. The molecule has 3 aromatic rings. The molecule has 0 radical (unpaired) electrons. The summed E-state index contributed by atoms with van der Waals surface area (Å²) in [5, 5.41) is 3.89. The van der Waals surface area contributed by atoms with E-state index >= 15 is 0 Å². The predicted octanol–water partition coefficient (Wildman–Crippen LogP) is 4.04. The van der Waals surface area contributed by atoms with Crippen molar-refractivity contribution < 1.29 is 26.8 Å². The van der Waals surface area contributed by atoms with Crippen LogP contribution < -0.4 is 4.74 Å². The van der Waals surface area contributed by atoms with Gasteiger partial charge in [0.25, 0.3) is 0 Å². The molecule has 30 heavy (non-hydrogen) atoms. The van der Waals surface area contributed by atoms with E-state index in [1.807, 2.05) is 0 Å². The first kappa shape index (κ1) is 21.7. The van der Waals surface area contributed by atoms with Gasteiger partial charge in [0.15, 0.2) is 15.7 Å². The third-order valence-corrected chi connectivity index (χ3v) is 5.35. The number of oxime groups is 1. The number of alkyl halides is 2. The number of benzene rings is 2. The minimum Gasteiger partial charge on any atom is -0.493 e. The molecule has 7 nitrogen and oxygen atoms in total. The van der Waals surface area contributed by atoms with Gasteiger partial charge in [-0.1, -0.05) is 17.3 Å². The van der Waals surface area contributed by atoms with Gasteiger partial charge in [-0.25, -0.2) is 13.4 Å². The first-order chi connectivity index (χ1) is 14.3. The second-order valence-corrected chi connectivity index (χ2v) is 8.54. The smallest absolute Gasteiger partial charge is 0.320 e. The molecular weight excluding hydrogens is 416 g/mol. The Bertz CT molecular complexity index is 1140. The number of rotatable bonds is 9. The van der Waals surface area contributed by atoms with Crippen molar-refractivity contribution in [1.82, 2.24) is 9.55 Å². The highest BCUT2D eigenvalue weighted by Crippen LogP contribution is 2.23. The Morgan fingerprint density at radius 2 is 1.83 bits per heavy atom. The average Bonchev–Trinajstić information content (AvgIpc) is 3.10. The summed E-state index contributed by atoms with van der Waals surface area (Å²) in [5.74, 6) is 0.584. The molecule has 2 aromatic carbocycles. The van der Waals surface area contributed by atoms with Gasteiger partial charge in [-0.3, -0.25) is 4.57 Å². The number of sulfone groups is 1. The van der Waals surface area contributed by atoms with Crippen LogP contribution in [0.1, 0.15) is 25.7 Å². The number of halogens is 2. The summed E-state index contributed by atoms with van der Waals surface area (Å²) in [6.07, 6.45) is 1.63. The molecule has 0 N–H and O–H groups in total. The molecule has 0 saturated carbocycles. The van der Waals surface area contributed by atoms with E-state index in [1.54, 1.807) is 43.3 Å². The van der Waals surface area contributed by atoms with Crippen molar-refractivity contribution >= 4 is 26.6 Å². The maximum absolute atomic E-state index is 13.5. The Labute approximate surface area is 172 Å². The number of hydrogen-bond acceptors (Lipinski definition) is 6. The van der Waals surface area contributed by atoms with Gasteiger partial charge in [0.1, 0.15) is 18.1 Å². The molecule has 0 spiro atoms. The van der Waals surface area contributed by atoms with E-state index in [4.69, 9.17) is 9.57 Å². The molecule has 1 heterocycles. The van der Waals surface area contributed by atoms with Gasteiger partial charge in [-0.2, -0.15) is 8.78 Å². The van der Waals surface area contributed by atoms with Gasteiger partial charge < -0.3 is 9.57 Å². The summed E-state index contributed by atoms with van der Waals surface area (Å²) in [4.78, 5) is 9.65. The monoisotopic (exact) mass is 437 g/mol. The fourth-order valence-electron chi connectivity index (χ4n) is 2.78. The molecule has 160 valence electrons. The molecule has 3 rings (SSSR count). The standard InChI is InChI=1S/C20H21F2N3O4S/c1-14(19-23-17-6-3-4-7-18(17)25(19)20(21)22)24-29-13-5-12-28-15-8-10-16(11-9-15)30(2,26)27/h3-4,6-11,20H,5,12-13H2,1-2H3/b24-14-. The summed E-state index contributed by atoms with van der Waals surface area (Å²) in [6, 6.07) is 12.7. The van der Waals surface area contributed by atoms with Crippen molar-refractivity contribution in [3.05, 3.63) is 54.4 Å². The largest absolute Gasteiger partial charge is 0.493 e.